The fourth-order valence-electron chi connectivity index (χ4n) is 4.66. The summed E-state index contributed by atoms with van der Waals surface area (Å²) in [6, 6.07) is 23.2. The lowest BCUT2D eigenvalue weighted by Gasteiger charge is -2.32. The maximum absolute atomic E-state index is 13.1. The van der Waals surface area contributed by atoms with Crippen molar-refractivity contribution in [2.24, 2.45) is 0 Å². The van der Waals surface area contributed by atoms with Gasteiger partial charge in [-0.25, -0.2) is 26.3 Å². The molecule has 1 heterocycles. The van der Waals surface area contributed by atoms with Crippen LogP contribution >= 0.6 is 23.2 Å². The molecule has 2 atom stereocenters. The fraction of sp³-hybridized carbons (Fsp3) is 0.379. The minimum atomic E-state index is -3.67. The number of likely N-dealkylation sites (tertiary alicyclic amines) is 1. The van der Waals surface area contributed by atoms with Crippen LogP contribution in [0.5, 0.6) is 0 Å². The third-order valence-corrected chi connectivity index (χ3v) is 9.76. The number of hydrogen-bond acceptors (Lipinski definition) is 5. The Hall–Kier alpha value is -1.98. The molecule has 0 radical (unpaired) electrons. The van der Waals surface area contributed by atoms with Crippen LogP contribution in [-0.4, -0.2) is 52.2 Å². The second-order valence-corrected chi connectivity index (χ2v) is 14.2. The first-order valence-electron chi connectivity index (χ1n) is 13.1. The molecule has 0 saturated carbocycles. The summed E-state index contributed by atoms with van der Waals surface area (Å²) in [6.45, 7) is 5.17. The standard InChI is InChI=1S/C28H35N3O4S2.CH2Cl2/c1-22-11-15-27(16-12-22)36(32,33)29-19-26-10-6-9-25(21-31(26)20-24-7-4-3-5-8-24)30-37(34,35)28-17-13-23(2)14-18-28;2-1-3/h3-5,7-8,11-18,25-26,29-30H,6,9-10,19-21H2,1-2H3;1H2/t25-,26-;/m1./s1. The van der Waals surface area contributed by atoms with Crippen LogP contribution in [0.2, 0.25) is 0 Å². The van der Waals surface area contributed by atoms with E-state index < -0.39 is 20.0 Å². The zero-order valence-corrected chi connectivity index (χ0v) is 25.9. The van der Waals surface area contributed by atoms with Gasteiger partial charge in [-0.05, 0) is 56.5 Å². The van der Waals surface area contributed by atoms with E-state index in [0.717, 1.165) is 29.5 Å². The summed E-state index contributed by atoms with van der Waals surface area (Å²) < 4.78 is 57.8. The van der Waals surface area contributed by atoms with Gasteiger partial charge in [-0.3, -0.25) is 4.90 Å². The Morgan fingerprint density at radius 1 is 0.775 bits per heavy atom. The van der Waals surface area contributed by atoms with Gasteiger partial charge in [0.25, 0.3) is 0 Å². The van der Waals surface area contributed by atoms with E-state index in [0.29, 0.717) is 19.5 Å². The highest BCUT2D eigenvalue weighted by molar-refractivity contribution is 7.89. The maximum Gasteiger partial charge on any atom is 0.240 e. The van der Waals surface area contributed by atoms with E-state index in [1.165, 1.54) is 0 Å². The van der Waals surface area contributed by atoms with E-state index in [2.05, 4.69) is 14.3 Å². The molecule has 11 heteroatoms. The van der Waals surface area contributed by atoms with E-state index in [4.69, 9.17) is 23.2 Å². The van der Waals surface area contributed by atoms with Crippen LogP contribution in [0.1, 0.15) is 36.0 Å². The Labute approximate surface area is 249 Å². The number of nitrogens with one attached hydrogen (secondary N) is 2. The van der Waals surface area contributed by atoms with Crippen LogP contribution in [0.25, 0.3) is 0 Å². The van der Waals surface area contributed by atoms with Crippen LogP contribution in [0, 0.1) is 13.8 Å². The quantitative estimate of drug-likeness (QED) is 0.310. The molecule has 3 aromatic rings. The summed E-state index contributed by atoms with van der Waals surface area (Å²) in [5.41, 5.74) is 3.09. The molecule has 0 aliphatic carbocycles. The average Bonchev–Trinajstić information content (AvgIpc) is 3.10. The molecule has 7 nitrogen and oxygen atoms in total. The molecule has 40 heavy (non-hydrogen) atoms. The van der Waals surface area contributed by atoms with Crippen LogP contribution < -0.4 is 9.44 Å². The SMILES string of the molecule is Cc1ccc(S(=O)(=O)NC[C@H]2CCC[C@@H](NS(=O)(=O)c3ccc(C)cc3)CN2Cc2ccccc2)cc1.ClCCl. The van der Waals surface area contributed by atoms with Crippen molar-refractivity contribution in [3.05, 3.63) is 95.6 Å². The maximum atomic E-state index is 13.1. The Bertz CT molecular complexity index is 1400. The van der Waals surface area contributed by atoms with Crippen molar-refractivity contribution in [3.63, 3.8) is 0 Å². The van der Waals surface area contributed by atoms with Crippen molar-refractivity contribution in [1.82, 2.24) is 14.3 Å². The Morgan fingerprint density at radius 2 is 1.30 bits per heavy atom. The average molecular weight is 627 g/mol. The first-order valence-corrected chi connectivity index (χ1v) is 17.1. The van der Waals surface area contributed by atoms with Crippen LogP contribution in [-0.2, 0) is 26.6 Å². The van der Waals surface area contributed by atoms with Gasteiger partial charge < -0.3 is 0 Å². The zero-order valence-electron chi connectivity index (χ0n) is 22.8. The highest BCUT2D eigenvalue weighted by Crippen LogP contribution is 2.22. The highest BCUT2D eigenvalue weighted by Gasteiger charge is 2.30. The molecule has 1 aliphatic rings. The van der Waals surface area contributed by atoms with Crippen LogP contribution in [0.3, 0.4) is 0 Å². The number of rotatable bonds is 9. The molecule has 0 amide bonds. The number of benzene rings is 3. The van der Waals surface area contributed by atoms with E-state index in [-0.39, 0.29) is 33.8 Å². The summed E-state index contributed by atoms with van der Waals surface area (Å²) in [4.78, 5) is 2.69. The van der Waals surface area contributed by atoms with Gasteiger partial charge in [0.15, 0.2) is 0 Å². The molecule has 0 spiro atoms. The molecule has 4 rings (SSSR count). The van der Waals surface area contributed by atoms with Crippen molar-refractivity contribution in [2.75, 3.05) is 18.4 Å². The van der Waals surface area contributed by atoms with Crippen molar-refractivity contribution in [1.29, 1.82) is 0 Å². The lowest BCUT2D eigenvalue weighted by Crippen LogP contribution is -2.48. The Morgan fingerprint density at radius 3 is 1.85 bits per heavy atom. The van der Waals surface area contributed by atoms with Crippen molar-refractivity contribution in [2.45, 2.75) is 61.5 Å². The van der Waals surface area contributed by atoms with E-state index >= 15 is 0 Å². The van der Waals surface area contributed by atoms with Gasteiger partial charge in [0.05, 0.1) is 15.1 Å². The molecular weight excluding hydrogens is 589 g/mol. The molecule has 218 valence electrons. The van der Waals surface area contributed by atoms with Crippen LogP contribution in [0.15, 0.2) is 88.7 Å². The molecule has 2 N–H and O–H groups in total. The van der Waals surface area contributed by atoms with Crippen molar-refractivity contribution >= 4 is 43.2 Å². The zero-order chi connectivity index (χ0) is 29.2. The third-order valence-electron chi connectivity index (χ3n) is 6.78. The summed E-state index contributed by atoms with van der Waals surface area (Å²) >= 11 is 9.53. The summed E-state index contributed by atoms with van der Waals surface area (Å²) in [5, 5.41) is 0.194. The lowest BCUT2D eigenvalue weighted by molar-refractivity contribution is 0.183. The minimum Gasteiger partial charge on any atom is -0.293 e. The molecule has 1 saturated heterocycles. The van der Waals surface area contributed by atoms with Gasteiger partial charge >= 0.3 is 0 Å². The first-order chi connectivity index (χ1) is 19.0. The topological polar surface area (TPSA) is 95.6 Å². The molecule has 3 aromatic carbocycles. The van der Waals surface area contributed by atoms with Gasteiger partial charge in [0.2, 0.25) is 20.0 Å². The number of nitrogens with zero attached hydrogens (tertiary/aromatic N) is 1. The van der Waals surface area contributed by atoms with E-state index in [1.807, 2.05) is 44.2 Å². The minimum absolute atomic E-state index is 0.0747. The highest BCUT2D eigenvalue weighted by atomic mass is 35.5. The predicted octanol–water partition coefficient (Wildman–Crippen LogP) is 5.41. The van der Waals surface area contributed by atoms with Crippen LogP contribution in [0.4, 0.5) is 0 Å². The van der Waals surface area contributed by atoms with E-state index in [9.17, 15) is 16.8 Å². The molecular formula is C29H37Cl2N3O4S2. The van der Waals surface area contributed by atoms with Gasteiger partial charge in [-0.15, -0.1) is 23.2 Å². The van der Waals surface area contributed by atoms with Crippen molar-refractivity contribution < 1.29 is 16.8 Å². The Kier molecular flexibility index (Phi) is 12.4. The number of aryl methyl sites for hydroxylation is 2. The molecule has 0 unspecified atom stereocenters. The third kappa shape index (κ3) is 9.83. The van der Waals surface area contributed by atoms with Gasteiger partial charge in [-0.2, -0.15) is 0 Å². The second kappa shape index (κ2) is 15.3. The summed E-state index contributed by atoms with van der Waals surface area (Å²) in [5.74, 6) is 0. The summed E-state index contributed by atoms with van der Waals surface area (Å²) in [7, 11) is -7.32. The number of hydrogen-bond donors (Lipinski definition) is 2. The van der Waals surface area contributed by atoms with Gasteiger partial charge in [0, 0.05) is 31.7 Å². The normalized spacial score (nSPS) is 18.4. The second-order valence-electron chi connectivity index (χ2n) is 9.90. The monoisotopic (exact) mass is 625 g/mol. The predicted molar refractivity (Wildman–Crippen MR) is 163 cm³/mol. The largest absolute Gasteiger partial charge is 0.293 e. The fourth-order valence-corrected chi connectivity index (χ4v) is 6.99. The first kappa shape index (κ1) is 32.5. The smallest absolute Gasteiger partial charge is 0.240 e. The Balaban J connectivity index is 0.00000141. The number of halogens is 2. The molecule has 0 aromatic heterocycles. The van der Waals surface area contributed by atoms with Crippen molar-refractivity contribution in [3.8, 4) is 0 Å². The van der Waals surface area contributed by atoms with Gasteiger partial charge in [-0.1, -0.05) is 72.1 Å². The molecule has 1 aliphatic heterocycles. The molecule has 1 fully saturated rings. The molecule has 0 bridgehead atoms. The van der Waals surface area contributed by atoms with Gasteiger partial charge in [0.1, 0.15) is 0 Å². The number of sulfonamides is 2. The van der Waals surface area contributed by atoms with E-state index in [1.54, 1.807) is 48.5 Å². The summed E-state index contributed by atoms with van der Waals surface area (Å²) in [6.07, 6.45) is 2.22. The lowest BCUT2D eigenvalue weighted by atomic mass is 10.1. The number of alkyl halides is 2.